The summed E-state index contributed by atoms with van der Waals surface area (Å²) in [4.78, 5) is 16.8. The summed E-state index contributed by atoms with van der Waals surface area (Å²) in [5.41, 5.74) is 3.50. The quantitative estimate of drug-likeness (QED) is 0.618. The monoisotopic (exact) mass is 318 g/mol. The SMILES string of the molecule is CCOC(=O)[C@H]1[C@@H]2Cc3cc(N(C)PC4CC4)ncc3[C@@]21C. The van der Waals surface area contributed by atoms with Crippen LogP contribution in [0, 0.1) is 11.8 Å². The zero-order chi connectivity index (χ0) is 15.5. The second-order valence-electron chi connectivity index (χ2n) is 6.99. The molecular formula is C17H23N2O2P. The smallest absolute Gasteiger partial charge is 0.310 e. The van der Waals surface area contributed by atoms with Crippen LogP contribution in [0.5, 0.6) is 0 Å². The highest BCUT2D eigenvalue weighted by molar-refractivity contribution is 7.41. The van der Waals surface area contributed by atoms with Crippen molar-refractivity contribution in [1.29, 1.82) is 0 Å². The van der Waals surface area contributed by atoms with Gasteiger partial charge in [0.25, 0.3) is 0 Å². The third kappa shape index (κ3) is 2.07. The van der Waals surface area contributed by atoms with Crippen LogP contribution in [0.2, 0.25) is 0 Å². The summed E-state index contributed by atoms with van der Waals surface area (Å²) in [6, 6.07) is 2.24. The van der Waals surface area contributed by atoms with Gasteiger partial charge in [0.15, 0.2) is 0 Å². The van der Waals surface area contributed by atoms with Gasteiger partial charge >= 0.3 is 5.97 Å². The zero-order valence-corrected chi connectivity index (χ0v) is 14.4. The van der Waals surface area contributed by atoms with Crippen molar-refractivity contribution in [3.05, 3.63) is 23.4 Å². The molecule has 0 amide bonds. The molecule has 1 unspecified atom stereocenters. The van der Waals surface area contributed by atoms with Crippen molar-refractivity contribution in [2.45, 2.75) is 44.2 Å². The van der Waals surface area contributed by atoms with Gasteiger partial charge in [0.05, 0.1) is 12.5 Å². The second kappa shape index (κ2) is 4.92. The summed E-state index contributed by atoms with van der Waals surface area (Å²) in [6.07, 6.45) is 5.74. The molecule has 1 heterocycles. The fourth-order valence-electron chi connectivity index (χ4n) is 4.05. The fourth-order valence-corrected chi connectivity index (χ4v) is 5.28. The number of fused-ring (bicyclic) bond motifs is 3. The number of nitrogens with zero attached hydrogens (tertiary/aromatic N) is 2. The Kier molecular flexibility index (Phi) is 3.23. The molecule has 4 rings (SSSR count). The van der Waals surface area contributed by atoms with Gasteiger partial charge in [-0.2, -0.15) is 0 Å². The summed E-state index contributed by atoms with van der Waals surface area (Å²) in [6.45, 7) is 4.54. The van der Waals surface area contributed by atoms with Crippen molar-refractivity contribution in [2.75, 3.05) is 18.3 Å². The molecule has 0 N–H and O–H groups in total. The first-order chi connectivity index (χ1) is 10.6. The van der Waals surface area contributed by atoms with Gasteiger partial charge in [0.1, 0.15) is 5.82 Å². The Labute approximate surface area is 133 Å². The minimum Gasteiger partial charge on any atom is -0.466 e. The van der Waals surface area contributed by atoms with Crippen molar-refractivity contribution in [1.82, 2.24) is 4.98 Å². The molecule has 0 bridgehead atoms. The van der Waals surface area contributed by atoms with Gasteiger partial charge in [-0.1, -0.05) is 6.92 Å². The predicted octanol–water partition coefficient (Wildman–Crippen LogP) is 2.90. The number of hydrogen-bond acceptors (Lipinski definition) is 4. The normalized spacial score (nSPS) is 32.0. The molecule has 0 aliphatic heterocycles. The largest absolute Gasteiger partial charge is 0.466 e. The standard InChI is InChI=1S/C17H23N2O2P/c1-4-21-16(20)15-12-7-10-8-14(19(3)22-11-5-6-11)18-9-13(10)17(12,15)2/h8-9,11-12,15,22H,4-7H2,1-3H3/t12-,15+,17+/m0/s1. The minimum absolute atomic E-state index is 0.0305. The van der Waals surface area contributed by atoms with Crippen LogP contribution in [0.3, 0.4) is 0 Å². The molecule has 0 saturated heterocycles. The lowest BCUT2D eigenvalue weighted by Gasteiger charge is -2.20. The topological polar surface area (TPSA) is 42.4 Å². The molecular weight excluding hydrogens is 295 g/mol. The molecule has 118 valence electrons. The van der Waals surface area contributed by atoms with Gasteiger partial charge < -0.3 is 9.41 Å². The van der Waals surface area contributed by atoms with Crippen LogP contribution in [0.15, 0.2) is 12.3 Å². The van der Waals surface area contributed by atoms with Gasteiger partial charge in [0.2, 0.25) is 0 Å². The Hall–Kier alpha value is -1.15. The van der Waals surface area contributed by atoms with Gasteiger partial charge in [-0.05, 0) is 63.7 Å². The van der Waals surface area contributed by atoms with E-state index in [9.17, 15) is 4.79 Å². The maximum Gasteiger partial charge on any atom is 0.310 e. The third-order valence-electron chi connectivity index (χ3n) is 5.54. The van der Waals surface area contributed by atoms with E-state index in [1.807, 2.05) is 13.1 Å². The van der Waals surface area contributed by atoms with E-state index in [1.54, 1.807) is 0 Å². The van der Waals surface area contributed by atoms with Crippen LogP contribution in [-0.4, -0.2) is 30.3 Å². The summed E-state index contributed by atoms with van der Waals surface area (Å²) in [5, 5.41) is 0. The summed E-state index contributed by atoms with van der Waals surface area (Å²) in [5.74, 6) is 1.51. The number of carbonyl (C=O) groups excluding carboxylic acids is 1. The van der Waals surface area contributed by atoms with E-state index in [-0.39, 0.29) is 17.3 Å². The highest BCUT2D eigenvalue weighted by Crippen LogP contribution is 2.66. The minimum atomic E-state index is -0.0372. The third-order valence-corrected chi connectivity index (χ3v) is 7.10. The number of esters is 1. The summed E-state index contributed by atoms with van der Waals surface area (Å²) >= 11 is 0. The lowest BCUT2D eigenvalue weighted by molar-refractivity contribution is -0.145. The number of pyridine rings is 1. The van der Waals surface area contributed by atoms with E-state index in [0.29, 0.717) is 12.5 Å². The fraction of sp³-hybridized carbons (Fsp3) is 0.647. The van der Waals surface area contributed by atoms with E-state index >= 15 is 0 Å². The summed E-state index contributed by atoms with van der Waals surface area (Å²) in [7, 11) is 2.99. The van der Waals surface area contributed by atoms with Crippen LogP contribution < -0.4 is 4.67 Å². The molecule has 0 spiro atoms. The molecule has 3 aliphatic rings. The van der Waals surface area contributed by atoms with Gasteiger partial charge in [-0.3, -0.25) is 4.79 Å². The highest BCUT2D eigenvalue weighted by atomic mass is 31.1. The van der Waals surface area contributed by atoms with Crippen molar-refractivity contribution < 1.29 is 9.53 Å². The van der Waals surface area contributed by atoms with Crippen molar-refractivity contribution in [3.8, 4) is 0 Å². The number of rotatable bonds is 5. The van der Waals surface area contributed by atoms with E-state index in [2.05, 4.69) is 29.7 Å². The van der Waals surface area contributed by atoms with Gasteiger partial charge in [0, 0.05) is 18.7 Å². The zero-order valence-electron chi connectivity index (χ0n) is 13.4. The van der Waals surface area contributed by atoms with E-state index in [4.69, 9.17) is 4.74 Å². The molecule has 4 atom stereocenters. The number of hydrogen-bond donors (Lipinski definition) is 0. The van der Waals surface area contributed by atoms with E-state index in [1.165, 1.54) is 24.0 Å². The molecule has 1 aromatic heterocycles. The Bertz CT molecular complexity index is 631. The molecule has 4 nitrogen and oxygen atoms in total. The Morgan fingerprint density at radius 3 is 3.00 bits per heavy atom. The molecule has 2 fully saturated rings. The first-order valence-electron chi connectivity index (χ1n) is 8.21. The second-order valence-corrected chi connectivity index (χ2v) is 8.73. The molecule has 0 radical (unpaired) electrons. The Morgan fingerprint density at radius 2 is 2.32 bits per heavy atom. The Balaban J connectivity index is 1.54. The highest BCUT2D eigenvalue weighted by Gasteiger charge is 2.70. The maximum absolute atomic E-state index is 12.1. The van der Waals surface area contributed by atoms with Crippen LogP contribution in [0.25, 0.3) is 0 Å². The maximum atomic E-state index is 12.1. The van der Waals surface area contributed by atoms with Crippen LogP contribution in [0.4, 0.5) is 5.82 Å². The van der Waals surface area contributed by atoms with Crippen molar-refractivity contribution in [2.24, 2.45) is 11.8 Å². The lowest BCUT2D eigenvalue weighted by atomic mass is 9.95. The predicted molar refractivity (Wildman–Crippen MR) is 88.6 cm³/mol. The molecule has 5 heteroatoms. The molecule has 1 aromatic rings. The average molecular weight is 318 g/mol. The van der Waals surface area contributed by atoms with E-state index < -0.39 is 0 Å². The van der Waals surface area contributed by atoms with Crippen LogP contribution in [-0.2, 0) is 21.4 Å². The molecule has 0 aromatic carbocycles. The van der Waals surface area contributed by atoms with Gasteiger partial charge in [-0.15, -0.1) is 0 Å². The van der Waals surface area contributed by atoms with Crippen LogP contribution in [0.1, 0.15) is 37.8 Å². The summed E-state index contributed by atoms with van der Waals surface area (Å²) < 4.78 is 7.53. The number of aromatic nitrogens is 1. The first-order valence-corrected chi connectivity index (χ1v) is 9.24. The molecule has 3 aliphatic carbocycles. The average Bonchev–Trinajstić information content (AvgIpc) is 3.37. The lowest BCUT2D eigenvalue weighted by Crippen LogP contribution is -2.17. The Morgan fingerprint density at radius 1 is 1.55 bits per heavy atom. The number of carbonyl (C=O) groups is 1. The number of ether oxygens (including phenoxy) is 1. The molecule has 2 saturated carbocycles. The van der Waals surface area contributed by atoms with Crippen LogP contribution >= 0.6 is 8.73 Å². The number of anilines is 1. The van der Waals surface area contributed by atoms with Gasteiger partial charge in [-0.25, -0.2) is 4.98 Å². The van der Waals surface area contributed by atoms with E-state index in [0.717, 1.165) is 26.6 Å². The molecule has 22 heavy (non-hydrogen) atoms. The first kappa shape index (κ1) is 14.4. The van der Waals surface area contributed by atoms with Crippen molar-refractivity contribution in [3.63, 3.8) is 0 Å². The van der Waals surface area contributed by atoms with Crippen molar-refractivity contribution >= 4 is 20.5 Å².